The molecule has 2 saturated heterocycles. The van der Waals surface area contributed by atoms with Gasteiger partial charge in [0.05, 0.1) is 49.2 Å². The smallest absolute Gasteiger partial charge is 0.407 e. The van der Waals surface area contributed by atoms with Crippen LogP contribution >= 0.6 is 0 Å². The topological polar surface area (TPSA) is 175 Å². The number of nitrogens with one attached hydrogen (secondary N) is 4. The number of hydrogen-bond acceptors (Lipinski definition) is 8. The average Bonchev–Trinajstić information content (AvgIpc) is 3.83. The molecule has 2 aromatic heterocycles. The maximum Gasteiger partial charge on any atom is 0.407 e. The molecule has 4 heterocycles. The Hall–Kier alpha value is -5.84. The van der Waals surface area contributed by atoms with Crippen LogP contribution in [0.25, 0.3) is 22.3 Å². The van der Waals surface area contributed by atoms with Crippen molar-refractivity contribution < 1.29 is 28.7 Å². The first-order valence-electron chi connectivity index (χ1n) is 20.3. The molecule has 2 aliphatic carbocycles. The van der Waals surface area contributed by atoms with E-state index in [4.69, 9.17) is 19.4 Å². The van der Waals surface area contributed by atoms with Crippen LogP contribution in [0.4, 0.5) is 9.59 Å². The van der Waals surface area contributed by atoms with Crippen LogP contribution < -0.4 is 10.6 Å². The van der Waals surface area contributed by atoms with E-state index in [1.54, 1.807) is 0 Å². The van der Waals surface area contributed by atoms with Crippen LogP contribution in [0.1, 0.15) is 101 Å². The monoisotopic (exact) mass is 788 g/mol. The maximum absolute atomic E-state index is 13.9. The van der Waals surface area contributed by atoms with Gasteiger partial charge in [0.15, 0.2) is 0 Å². The summed E-state index contributed by atoms with van der Waals surface area (Å²) in [6.45, 7) is 8.96. The maximum atomic E-state index is 13.9. The molecule has 14 nitrogen and oxygen atoms in total. The average molecular weight is 789 g/mol. The normalized spacial score (nSPS) is 20.9. The summed E-state index contributed by atoms with van der Waals surface area (Å²) < 4.78 is 9.61. The van der Waals surface area contributed by atoms with Crippen molar-refractivity contribution in [2.45, 2.75) is 90.4 Å². The molecule has 4 N–H and O–H groups in total. The summed E-state index contributed by atoms with van der Waals surface area (Å²) in [7, 11) is 2.60. The summed E-state index contributed by atoms with van der Waals surface area (Å²) in [6.07, 6.45) is 6.55. The van der Waals surface area contributed by atoms with Crippen molar-refractivity contribution in [1.82, 2.24) is 40.4 Å². The van der Waals surface area contributed by atoms with Crippen LogP contribution in [0.3, 0.4) is 0 Å². The lowest BCUT2D eigenvalue weighted by molar-refractivity contribution is -0.136. The minimum absolute atomic E-state index is 0.109. The Balaban J connectivity index is 0.958. The van der Waals surface area contributed by atoms with E-state index < -0.39 is 24.3 Å². The molecule has 8 rings (SSSR count). The van der Waals surface area contributed by atoms with Crippen LogP contribution in [0.5, 0.6) is 0 Å². The second-order valence-electron chi connectivity index (χ2n) is 17.5. The van der Waals surface area contributed by atoms with Crippen LogP contribution in [-0.2, 0) is 19.1 Å². The van der Waals surface area contributed by atoms with Crippen molar-refractivity contribution in [3.05, 3.63) is 71.4 Å². The number of fused-ring (bicyclic) bond motifs is 1. The standard InChI is InChI=1S/C44H52N8O6/c1-25(2)35(49-41(55)57-5)39(53)51-23-43(15-16-43)20-33(51)37-45-22-32(48-37)29-12-9-27(10-13-29)7-8-28-11-14-30-31(19-28)47-38(46-30)34-21-44(17-18-44)24-52(34)40(54)36(26(3)4)50-42(56)58-6/h9-14,19,22,25-26,33-36H,15-18,20-21,23-24H2,1-6H3,(H,45,48)(H,46,47)(H,49,55)(H,50,56)/t33-,34?,35-,36-/m0/s1. The summed E-state index contributed by atoms with van der Waals surface area (Å²) in [5.74, 6) is 7.59. The Morgan fingerprint density at radius 2 is 1.26 bits per heavy atom. The van der Waals surface area contributed by atoms with Crippen LogP contribution in [0.2, 0.25) is 0 Å². The molecular weight excluding hydrogens is 737 g/mol. The van der Waals surface area contributed by atoms with Crippen molar-refractivity contribution in [2.75, 3.05) is 27.3 Å². The Labute approximate surface area is 338 Å². The number of nitrogens with zero attached hydrogens (tertiary/aromatic N) is 4. The molecule has 2 aliphatic heterocycles. The lowest BCUT2D eigenvalue weighted by Crippen LogP contribution is -2.51. The van der Waals surface area contributed by atoms with E-state index in [0.29, 0.717) is 13.1 Å². The molecule has 4 amide bonds. The summed E-state index contributed by atoms with van der Waals surface area (Å²) in [6, 6.07) is 12.0. The first-order chi connectivity index (χ1) is 27.8. The second-order valence-corrected chi connectivity index (χ2v) is 17.5. The van der Waals surface area contributed by atoms with Crippen LogP contribution in [-0.4, -0.2) is 93.1 Å². The molecule has 1 unspecified atom stereocenters. The molecule has 2 spiro atoms. The summed E-state index contributed by atoms with van der Waals surface area (Å²) in [5, 5.41) is 5.48. The number of rotatable bonds is 9. The predicted molar refractivity (Wildman–Crippen MR) is 216 cm³/mol. The number of aromatic amines is 2. The van der Waals surface area contributed by atoms with Gasteiger partial charge in [-0.2, -0.15) is 0 Å². The quantitative estimate of drug-likeness (QED) is 0.145. The number of carbonyl (C=O) groups is 4. The Morgan fingerprint density at radius 1 is 0.741 bits per heavy atom. The Kier molecular flexibility index (Phi) is 10.2. The van der Waals surface area contributed by atoms with Gasteiger partial charge in [0.25, 0.3) is 0 Å². The summed E-state index contributed by atoms with van der Waals surface area (Å²) in [5.41, 5.74) is 5.36. The Bertz CT molecular complexity index is 2290. The summed E-state index contributed by atoms with van der Waals surface area (Å²) >= 11 is 0. The van der Waals surface area contributed by atoms with E-state index in [2.05, 4.69) is 32.4 Å². The first-order valence-corrected chi connectivity index (χ1v) is 20.3. The van der Waals surface area contributed by atoms with E-state index in [0.717, 1.165) is 83.6 Å². The lowest BCUT2D eigenvalue weighted by Gasteiger charge is -2.30. The van der Waals surface area contributed by atoms with E-state index in [1.807, 2.05) is 86.2 Å². The Morgan fingerprint density at radius 3 is 1.78 bits per heavy atom. The fourth-order valence-corrected chi connectivity index (χ4v) is 8.69. The SMILES string of the molecule is COC(=O)N[C@H](C(=O)N1CC2(CC2)CC1c1nc2ccc(C#Cc3ccc(-c4cnc([C@@H]5CC6(CC6)CN5C(=O)[C@@H](NC(=O)OC)C(C)C)[nH]4)cc3)cc2[nH]1)C(C)C. The molecule has 2 aromatic carbocycles. The number of amides is 4. The molecule has 0 bridgehead atoms. The number of hydrogen-bond donors (Lipinski definition) is 4. The van der Waals surface area contributed by atoms with Gasteiger partial charge < -0.3 is 39.9 Å². The molecule has 14 heteroatoms. The number of benzene rings is 2. The molecule has 4 aromatic rings. The summed E-state index contributed by atoms with van der Waals surface area (Å²) in [4.78, 5) is 72.3. The molecule has 2 saturated carbocycles. The lowest BCUT2D eigenvalue weighted by atomic mass is 10.0. The molecule has 58 heavy (non-hydrogen) atoms. The third kappa shape index (κ3) is 7.74. The molecule has 0 radical (unpaired) electrons. The molecular formula is C44H52N8O6. The van der Waals surface area contributed by atoms with Gasteiger partial charge in [0, 0.05) is 24.2 Å². The fourth-order valence-electron chi connectivity index (χ4n) is 8.69. The molecule has 4 fully saturated rings. The number of ether oxygens (including phenoxy) is 2. The minimum atomic E-state index is -0.696. The molecule has 4 aliphatic rings. The molecule has 4 atom stereocenters. The van der Waals surface area contributed by atoms with Crippen molar-refractivity contribution >= 4 is 35.0 Å². The number of alkyl carbamates (subject to hydrolysis) is 2. The van der Waals surface area contributed by atoms with Crippen molar-refractivity contribution in [2.24, 2.45) is 22.7 Å². The highest BCUT2D eigenvalue weighted by atomic mass is 16.5. The highest BCUT2D eigenvalue weighted by molar-refractivity contribution is 5.87. The van der Waals surface area contributed by atoms with Crippen molar-refractivity contribution in [1.29, 1.82) is 0 Å². The number of methoxy groups -OCH3 is 2. The van der Waals surface area contributed by atoms with E-state index in [-0.39, 0.29) is 46.6 Å². The fraction of sp³-hybridized carbons (Fsp3) is 0.500. The number of H-pyrrole nitrogens is 2. The van der Waals surface area contributed by atoms with Gasteiger partial charge in [0.2, 0.25) is 11.8 Å². The van der Waals surface area contributed by atoms with Gasteiger partial charge in [-0.05, 0) is 97.1 Å². The van der Waals surface area contributed by atoms with Gasteiger partial charge in [-0.15, -0.1) is 0 Å². The first kappa shape index (κ1) is 39.0. The second kappa shape index (κ2) is 15.2. The van der Waals surface area contributed by atoms with Gasteiger partial charge in [-0.1, -0.05) is 51.7 Å². The highest BCUT2D eigenvalue weighted by Crippen LogP contribution is 2.59. The zero-order chi connectivity index (χ0) is 40.9. The predicted octanol–water partition coefficient (Wildman–Crippen LogP) is 6.22. The number of carbonyl (C=O) groups excluding carboxylic acids is 4. The third-order valence-electron chi connectivity index (χ3n) is 12.6. The number of aromatic nitrogens is 4. The molecule has 304 valence electrons. The van der Waals surface area contributed by atoms with Crippen molar-refractivity contribution in [3.8, 4) is 23.1 Å². The van der Waals surface area contributed by atoms with Gasteiger partial charge in [-0.3, -0.25) is 9.59 Å². The van der Waals surface area contributed by atoms with E-state index >= 15 is 0 Å². The highest BCUT2D eigenvalue weighted by Gasteiger charge is 2.56. The van der Waals surface area contributed by atoms with Gasteiger partial charge in [0.1, 0.15) is 23.7 Å². The third-order valence-corrected chi connectivity index (χ3v) is 12.6. The van der Waals surface area contributed by atoms with Crippen LogP contribution in [0, 0.1) is 34.5 Å². The van der Waals surface area contributed by atoms with Gasteiger partial charge >= 0.3 is 12.2 Å². The van der Waals surface area contributed by atoms with Crippen LogP contribution in [0.15, 0.2) is 48.7 Å². The number of imidazole rings is 2. The van der Waals surface area contributed by atoms with E-state index in [1.165, 1.54) is 14.2 Å². The van der Waals surface area contributed by atoms with Gasteiger partial charge in [-0.25, -0.2) is 19.6 Å². The largest absolute Gasteiger partial charge is 0.453 e. The van der Waals surface area contributed by atoms with Crippen molar-refractivity contribution in [3.63, 3.8) is 0 Å². The number of likely N-dealkylation sites (tertiary alicyclic amines) is 2. The minimum Gasteiger partial charge on any atom is -0.453 e. The van der Waals surface area contributed by atoms with E-state index in [9.17, 15) is 19.2 Å². The zero-order valence-electron chi connectivity index (χ0n) is 34.0. The zero-order valence-corrected chi connectivity index (χ0v) is 34.0.